The first-order valence-electron chi connectivity index (χ1n) is 5.32. The Morgan fingerprint density at radius 3 is 2.57 bits per heavy atom. The molecule has 2 aliphatic rings. The lowest BCUT2D eigenvalue weighted by atomic mass is 10.1. The summed E-state index contributed by atoms with van der Waals surface area (Å²) < 4.78 is 0. The second-order valence-electron chi connectivity index (χ2n) is 4.52. The molecule has 0 aliphatic carbocycles. The molecule has 80 valence electrons. The maximum absolute atomic E-state index is 10.8. The highest BCUT2D eigenvalue weighted by molar-refractivity contribution is 5.70. The van der Waals surface area contributed by atoms with E-state index < -0.39 is 5.97 Å². The molecular weight excluding hydrogens is 180 g/mol. The van der Waals surface area contributed by atoms with E-state index in [1.807, 2.05) is 0 Å². The van der Waals surface area contributed by atoms with E-state index in [2.05, 4.69) is 16.8 Å². The third kappa shape index (κ3) is 1.91. The van der Waals surface area contributed by atoms with Gasteiger partial charge in [-0.25, -0.2) is 0 Å². The van der Waals surface area contributed by atoms with Crippen molar-refractivity contribution in [3.05, 3.63) is 0 Å². The van der Waals surface area contributed by atoms with E-state index in [0.717, 1.165) is 32.6 Å². The van der Waals surface area contributed by atoms with Crippen molar-refractivity contribution in [3.63, 3.8) is 0 Å². The fraction of sp³-hybridized carbons (Fsp3) is 0.900. The summed E-state index contributed by atoms with van der Waals surface area (Å²) in [6.07, 6.45) is 2.03. The molecule has 4 nitrogen and oxygen atoms in total. The third-order valence-electron chi connectivity index (χ3n) is 3.45. The van der Waals surface area contributed by atoms with Crippen LogP contribution in [0.4, 0.5) is 0 Å². The van der Waals surface area contributed by atoms with Gasteiger partial charge in [-0.2, -0.15) is 0 Å². The van der Waals surface area contributed by atoms with E-state index in [4.69, 9.17) is 5.11 Å². The molecule has 4 heteroatoms. The third-order valence-corrected chi connectivity index (χ3v) is 3.45. The number of nitrogens with zero attached hydrogens (tertiary/aromatic N) is 2. The van der Waals surface area contributed by atoms with Crippen LogP contribution in [0.15, 0.2) is 0 Å². The number of rotatable bonds is 2. The molecule has 0 saturated carbocycles. The van der Waals surface area contributed by atoms with E-state index in [-0.39, 0.29) is 5.92 Å². The number of carbonyl (C=O) groups is 1. The minimum Gasteiger partial charge on any atom is -0.481 e. The van der Waals surface area contributed by atoms with Gasteiger partial charge < -0.3 is 10.0 Å². The van der Waals surface area contributed by atoms with Gasteiger partial charge in [-0.05, 0) is 33.0 Å². The van der Waals surface area contributed by atoms with Crippen LogP contribution in [0.1, 0.15) is 12.8 Å². The lowest BCUT2D eigenvalue weighted by Gasteiger charge is -2.23. The number of carboxylic acids is 1. The van der Waals surface area contributed by atoms with Crippen LogP contribution in [0, 0.1) is 5.92 Å². The normalized spacial score (nSPS) is 35.2. The summed E-state index contributed by atoms with van der Waals surface area (Å²) in [7, 11) is 2.13. The van der Waals surface area contributed by atoms with Gasteiger partial charge in [0.2, 0.25) is 0 Å². The minimum absolute atomic E-state index is 0.124. The summed E-state index contributed by atoms with van der Waals surface area (Å²) in [6, 6.07) is 0.601. The summed E-state index contributed by atoms with van der Waals surface area (Å²) >= 11 is 0. The molecule has 0 radical (unpaired) electrons. The number of likely N-dealkylation sites (N-methyl/N-ethyl adjacent to an activating group) is 1. The highest BCUT2D eigenvalue weighted by atomic mass is 16.4. The van der Waals surface area contributed by atoms with Crippen LogP contribution in [0.25, 0.3) is 0 Å². The van der Waals surface area contributed by atoms with Crippen molar-refractivity contribution in [3.8, 4) is 0 Å². The Balaban J connectivity index is 1.86. The molecule has 0 aromatic rings. The van der Waals surface area contributed by atoms with Crippen LogP contribution in [0.3, 0.4) is 0 Å². The fourth-order valence-electron chi connectivity index (χ4n) is 2.53. The zero-order chi connectivity index (χ0) is 10.1. The smallest absolute Gasteiger partial charge is 0.307 e. The lowest BCUT2D eigenvalue weighted by molar-refractivity contribution is -0.141. The molecule has 2 unspecified atom stereocenters. The van der Waals surface area contributed by atoms with Gasteiger partial charge in [-0.3, -0.25) is 9.69 Å². The summed E-state index contributed by atoms with van der Waals surface area (Å²) in [4.78, 5) is 15.5. The monoisotopic (exact) mass is 198 g/mol. The average Bonchev–Trinajstić information content (AvgIpc) is 2.70. The van der Waals surface area contributed by atoms with E-state index in [1.54, 1.807) is 0 Å². The Kier molecular flexibility index (Phi) is 2.74. The molecule has 2 fully saturated rings. The Bertz CT molecular complexity index is 232. The van der Waals surface area contributed by atoms with Gasteiger partial charge in [0.1, 0.15) is 0 Å². The number of likely N-dealkylation sites (tertiary alicyclic amines) is 2. The Labute approximate surface area is 84.5 Å². The predicted molar refractivity (Wildman–Crippen MR) is 53.2 cm³/mol. The number of carboxylic acid groups (broad SMARTS) is 1. The van der Waals surface area contributed by atoms with Crippen LogP contribution in [0.2, 0.25) is 0 Å². The Hall–Kier alpha value is -0.610. The van der Waals surface area contributed by atoms with E-state index in [9.17, 15) is 4.79 Å². The standard InChI is InChI=1S/C10H18N2O2/c1-11-4-3-9(7-11)12-5-2-8(6-12)10(13)14/h8-9H,2-7H2,1H3,(H,13,14). The summed E-state index contributed by atoms with van der Waals surface area (Å²) in [6.45, 7) is 3.98. The Morgan fingerprint density at radius 1 is 1.29 bits per heavy atom. The van der Waals surface area contributed by atoms with Crippen molar-refractivity contribution < 1.29 is 9.90 Å². The highest BCUT2D eigenvalue weighted by Crippen LogP contribution is 2.23. The molecule has 1 N–H and O–H groups in total. The highest BCUT2D eigenvalue weighted by Gasteiger charge is 2.34. The zero-order valence-corrected chi connectivity index (χ0v) is 8.65. The quantitative estimate of drug-likeness (QED) is 0.683. The van der Waals surface area contributed by atoms with Gasteiger partial charge in [0.05, 0.1) is 5.92 Å². The number of hydrogen-bond donors (Lipinski definition) is 1. The largest absolute Gasteiger partial charge is 0.481 e. The molecule has 0 amide bonds. The van der Waals surface area contributed by atoms with Crippen molar-refractivity contribution in [2.45, 2.75) is 18.9 Å². The topological polar surface area (TPSA) is 43.8 Å². The van der Waals surface area contributed by atoms with Gasteiger partial charge in [0, 0.05) is 19.1 Å². The van der Waals surface area contributed by atoms with Gasteiger partial charge in [0.25, 0.3) is 0 Å². The second kappa shape index (κ2) is 3.87. The van der Waals surface area contributed by atoms with Crippen LogP contribution >= 0.6 is 0 Å². The Morgan fingerprint density at radius 2 is 2.07 bits per heavy atom. The van der Waals surface area contributed by atoms with E-state index >= 15 is 0 Å². The molecule has 0 aromatic heterocycles. The average molecular weight is 198 g/mol. The first-order valence-corrected chi connectivity index (χ1v) is 5.32. The molecule has 0 bridgehead atoms. The fourth-order valence-corrected chi connectivity index (χ4v) is 2.53. The van der Waals surface area contributed by atoms with Gasteiger partial charge in [0.15, 0.2) is 0 Å². The summed E-state index contributed by atoms with van der Waals surface area (Å²) in [5.74, 6) is -0.750. The molecule has 0 aromatic carbocycles. The molecule has 2 heterocycles. The first kappa shape index (κ1) is 9.93. The van der Waals surface area contributed by atoms with Crippen LogP contribution < -0.4 is 0 Å². The number of hydrogen-bond acceptors (Lipinski definition) is 3. The van der Waals surface area contributed by atoms with Crippen molar-refractivity contribution in [1.29, 1.82) is 0 Å². The molecule has 2 aliphatic heterocycles. The maximum Gasteiger partial charge on any atom is 0.307 e. The summed E-state index contributed by atoms with van der Waals surface area (Å²) in [5.41, 5.74) is 0. The van der Waals surface area contributed by atoms with Crippen molar-refractivity contribution in [2.24, 2.45) is 5.92 Å². The predicted octanol–water partition coefficient (Wildman–Crippen LogP) is 0.0970. The van der Waals surface area contributed by atoms with Crippen LogP contribution in [-0.4, -0.2) is 60.1 Å². The van der Waals surface area contributed by atoms with Crippen molar-refractivity contribution in [2.75, 3.05) is 33.2 Å². The SMILES string of the molecule is CN1CCC(N2CCC(C(=O)O)C2)C1. The minimum atomic E-state index is -0.626. The van der Waals surface area contributed by atoms with Crippen molar-refractivity contribution >= 4 is 5.97 Å². The zero-order valence-electron chi connectivity index (χ0n) is 8.65. The second-order valence-corrected chi connectivity index (χ2v) is 4.52. The van der Waals surface area contributed by atoms with Crippen LogP contribution in [0.5, 0.6) is 0 Å². The molecule has 2 saturated heterocycles. The maximum atomic E-state index is 10.8. The van der Waals surface area contributed by atoms with Crippen LogP contribution in [-0.2, 0) is 4.79 Å². The van der Waals surface area contributed by atoms with Crippen molar-refractivity contribution in [1.82, 2.24) is 9.80 Å². The van der Waals surface area contributed by atoms with E-state index in [1.165, 1.54) is 6.42 Å². The molecular formula is C10H18N2O2. The van der Waals surface area contributed by atoms with Gasteiger partial charge in [-0.1, -0.05) is 0 Å². The van der Waals surface area contributed by atoms with E-state index in [0.29, 0.717) is 6.04 Å². The van der Waals surface area contributed by atoms with Gasteiger partial charge in [-0.15, -0.1) is 0 Å². The molecule has 2 rings (SSSR count). The summed E-state index contributed by atoms with van der Waals surface area (Å²) in [5, 5.41) is 8.89. The number of aliphatic carboxylic acids is 1. The first-order chi connectivity index (χ1) is 6.66. The molecule has 0 spiro atoms. The van der Waals surface area contributed by atoms with Gasteiger partial charge >= 0.3 is 5.97 Å². The molecule has 14 heavy (non-hydrogen) atoms. The molecule has 2 atom stereocenters. The lowest BCUT2D eigenvalue weighted by Crippen LogP contribution is -2.35.